The van der Waals surface area contributed by atoms with Crippen LogP contribution in [0.25, 0.3) is 0 Å². The number of aryl methyl sites for hydroxylation is 1. The SMILES string of the molecule is Cc1ccc(S(=O)(=O)N(CC(=O)NCCC2=CCCCC2)c2ccc(Cl)c(C(F)(F)F)c2)cc1. The Labute approximate surface area is 202 Å². The fraction of sp³-hybridized carbons (Fsp3) is 0.375. The van der Waals surface area contributed by atoms with Crippen molar-refractivity contribution in [3.8, 4) is 0 Å². The van der Waals surface area contributed by atoms with Crippen molar-refractivity contribution >= 4 is 33.2 Å². The van der Waals surface area contributed by atoms with Gasteiger partial charge in [0.15, 0.2) is 0 Å². The zero-order valence-electron chi connectivity index (χ0n) is 18.7. The van der Waals surface area contributed by atoms with Crippen LogP contribution in [0.15, 0.2) is 59.0 Å². The average Bonchev–Trinajstić information content (AvgIpc) is 2.78. The Morgan fingerprint density at radius 2 is 1.82 bits per heavy atom. The molecule has 0 atom stereocenters. The van der Waals surface area contributed by atoms with Crippen LogP contribution in [0.1, 0.15) is 43.2 Å². The van der Waals surface area contributed by atoms with Gasteiger partial charge in [-0.05, 0) is 69.4 Å². The van der Waals surface area contributed by atoms with Crippen LogP contribution in [0.5, 0.6) is 0 Å². The third-order valence-corrected chi connectivity index (χ3v) is 7.71. The van der Waals surface area contributed by atoms with Crippen molar-refractivity contribution in [3.63, 3.8) is 0 Å². The number of amides is 1. The lowest BCUT2D eigenvalue weighted by molar-refractivity contribution is -0.137. The highest BCUT2D eigenvalue weighted by Gasteiger charge is 2.35. The van der Waals surface area contributed by atoms with Crippen LogP contribution in [0.2, 0.25) is 5.02 Å². The molecule has 1 aliphatic carbocycles. The lowest BCUT2D eigenvalue weighted by Gasteiger charge is -2.25. The molecule has 1 amide bonds. The van der Waals surface area contributed by atoms with Gasteiger partial charge in [-0.25, -0.2) is 8.42 Å². The number of nitrogens with zero attached hydrogens (tertiary/aromatic N) is 1. The van der Waals surface area contributed by atoms with Crippen molar-refractivity contribution in [3.05, 3.63) is 70.3 Å². The number of hydrogen-bond acceptors (Lipinski definition) is 3. The monoisotopic (exact) mass is 514 g/mol. The van der Waals surface area contributed by atoms with Crippen molar-refractivity contribution in [1.82, 2.24) is 5.32 Å². The second-order valence-corrected chi connectivity index (χ2v) is 10.5. The molecule has 1 aliphatic rings. The molecule has 1 N–H and O–H groups in total. The molecule has 0 spiro atoms. The molecule has 2 aromatic carbocycles. The summed E-state index contributed by atoms with van der Waals surface area (Å²) in [6.07, 6.45) is 2.22. The normalized spacial score (nSPS) is 14.4. The molecule has 0 heterocycles. The summed E-state index contributed by atoms with van der Waals surface area (Å²) in [7, 11) is -4.34. The summed E-state index contributed by atoms with van der Waals surface area (Å²) in [5, 5.41) is 2.12. The van der Waals surface area contributed by atoms with Crippen LogP contribution in [0.3, 0.4) is 0 Å². The molecule has 0 aliphatic heterocycles. The van der Waals surface area contributed by atoms with E-state index in [9.17, 15) is 26.4 Å². The second-order valence-electron chi connectivity index (χ2n) is 8.19. The molecule has 0 unspecified atom stereocenters. The molecule has 5 nitrogen and oxygen atoms in total. The Bertz CT molecular complexity index is 1160. The maximum atomic E-state index is 13.4. The van der Waals surface area contributed by atoms with E-state index >= 15 is 0 Å². The molecule has 10 heteroatoms. The van der Waals surface area contributed by atoms with Gasteiger partial charge < -0.3 is 5.32 Å². The maximum absolute atomic E-state index is 13.4. The smallest absolute Gasteiger partial charge is 0.354 e. The second kappa shape index (κ2) is 10.8. The maximum Gasteiger partial charge on any atom is 0.417 e. The summed E-state index contributed by atoms with van der Waals surface area (Å²) in [6.45, 7) is 1.42. The zero-order chi connectivity index (χ0) is 24.9. The molecule has 184 valence electrons. The Kier molecular flexibility index (Phi) is 8.30. The largest absolute Gasteiger partial charge is 0.417 e. The van der Waals surface area contributed by atoms with E-state index in [1.54, 1.807) is 19.1 Å². The van der Waals surface area contributed by atoms with Gasteiger partial charge in [0.05, 0.1) is 21.2 Å². The third kappa shape index (κ3) is 6.54. The highest BCUT2D eigenvalue weighted by molar-refractivity contribution is 7.92. The summed E-state index contributed by atoms with van der Waals surface area (Å²) in [6, 6.07) is 8.64. The van der Waals surface area contributed by atoms with E-state index in [2.05, 4.69) is 11.4 Å². The first-order valence-electron chi connectivity index (χ1n) is 10.9. The molecule has 34 heavy (non-hydrogen) atoms. The molecule has 2 aromatic rings. The predicted octanol–water partition coefficient (Wildman–Crippen LogP) is 5.87. The topological polar surface area (TPSA) is 66.5 Å². The summed E-state index contributed by atoms with van der Waals surface area (Å²) >= 11 is 5.71. The van der Waals surface area contributed by atoms with Gasteiger partial charge in [0, 0.05) is 6.54 Å². The molecule has 0 aromatic heterocycles. The number of alkyl halides is 3. The Morgan fingerprint density at radius 3 is 2.44 bits per heavy atom. The van der Waals surface area contributed by atoms with Crippen molar-refractivity contribution in [1.29, 1.82) is 0 Å². The zero-order valence-corrected chi connectivity index (χ0v) is 20.2. The van der Waals surface area contributed by atoms with Crippen LogP contribution in [-0.2, 0) is 21.0 Å². The number of hydrogen-bond donors (Lipinski definition) is 1. The van der Waals surface area contributed by atoms with E-state index in [1.165, 1.54) is 17.7 Å². The minimum Gasteiger partial charge on any atom is -0.354 e. The van der Waals surface area contributed by atoms with Gasteiger partial charge in [-0.3, -0.25) is 9.10 Å². The number of anilines is 1. The highest BCUT2D eigenvalue weighted by atomic mass is 35.5. The molecular weight excluding hydrogens is 489 g/mol. The fourth-order valence-corrected chi connectivity index (χ4v) is 5.36. The van der Waals surface area contributed by atoms with Crippen LogP contribution >= 0.6 is 11.6 Å². The van der Waals surface area contributed by atoms with Gasteiger partial charge in [0.2, 0.25) is 5.91 Å². The molecule has 3 rings (SSSR count). The number of nitrogens with one attached hydrogen (secondary N) is 1. The Morgan fingerprint density at radius 1 is 1.12 bits per heavy atom. The number of carbonyl (C=O) groups is 1. The Hall–Kier alpha value is -2.52. The van der Waals surface area contributed by atoms with Crippen molar-refractivity contribution in [2.45, 2.75) is 50.1 Å². The number of benzene rings is 2. The Balaban J connectivity index is 1.88. The van der Waals surface area contributed by atoms with Gasteiger partial charge in [0.25, 0.3) is 10.0 Å². The number of carbonyl (C=O) groups excluding carboxylic acids is 1. The molecule has 0 saturated heterocycles. The van der Waals surface area contributed by atoms with Crippen molar-refractivity contribution < 1.29 is 26.4 Å². The number of rotatable bonds is 8. The van der Waals surface area contributed by atoms with Gasteiger partial charge in [-0.2, -0.15) is 13.2 Å². The van der Waals surface area contributed by atoms with Crippen LogP contribution < -0.4 is 9.62 Å². The van der Waals surface area contributed by atoms with E-state index in [1.807, 2.05) is 0 Å². The summed E-state index contributed by atoms with van der Waals surface area (Å²) in [5.74, 6) is -0.615. The van der Waals surface area contributed by atoms with Crippen molar-refractivity contribution in [2.24, 2.45) is 0 Å². The van der Waals surface area contributed by atoms with E-state index in [0.717, 1.165) is 43.4 Å². The lowest BCUT2D eigenvalue weighted by Crippen LogP contribution is -2.41. The van der Waals surface area contributed by atoms with E-state index in [4.69, 9.17) is 11.6 Å². The highest BCUT2D eigenvalue weighted by Crippen LogP contribution is 2.38. The summed E-state index contributed by atoms with van der Waals surface area (Å²) in [4.78, 5) is 12.5. The average molecular weight is 515 g/mol. The fourth-order valence-electron chi connectivity index (χ4n) is 3.72. The quantitative estimate of drug-likeness (QED) is 0.448. The summed E-state index contributed by atoms with van der Waals surface area (Å²) in [5.41, 5.74) is 0.567. The van der Waals surface area contributed by atoms with Crippen LogP contribution in [0.4, 0.5) is 18.9 Å². The van der Waals surface area contributed by atoms with Gasteiger partial charge in [-0.15, -0.1) is 0 Å². The van der Waals surface area contributed by atoms with E-state index < -0.39 is 39.2 Å². The minimum absolute atomic E-state index is 0.137. The third-order valence-electron chi connectivity index (χ3n) is 5.59. The molecule has 0 bridgehead atoms. The van der Waals surface area contributed by atoms with Gasteiger partial charge >= 0.3 is 6.18 Å². The van der Waals surface area contributed by atoms with E-state index in [0.29, 0.717) is 23.3 Å². The van der Waals surface area contributed by atoms with Crippen molar-refractivity contribution in [2.75, 3.05) is 17.4 Å². The van der Waals surface area contributed by atoms with E-state index in [-0.39, 0.29) is 10.6 Å². The lowest BCUT2D eigenvalue weighted by atomic mass is 9.97. The predicted molar refractivity (Wildman–Crippen MR) is 126 cm³/mol. The minimum atomic E-state index is -4.79. The first-order chi connectivity index (χ1) is 16.0. The standard InChI is InChI=1S/C24H26ClF3N2O3S/c1-17-7-10-20(11-8-17)34(32,33)30(19-9-12-22(25)21(15-19)24(26,27)28)16-23(31)29-14-13-18-5-3-2-4-6-18/h5,7-12,15H,2-4,6,13-14,16H2,1H3,(H,29,31). The first kappa shape index (κ1) is 26.1. The molecule has 0 radical (unpaired) electrons. The van der Waals surface area contributed by atoms with Crippen LogP contribution in [0, 0.1) is 6.92 Å². The number of allylic oxidation sites excluding steroid dienone is 1. The molecule has 0 saturated carbocycles. The summed E-state index contributed by atoms with van der Waals surface area (Å²) < 4.78 is 67.7. The first-order valence-corrected chi connectivity index (χ1v) is 12.7. The van der Waals surface area contributed by atoms with Crippen LogP contribution in [-0.4, -0.2) is 27.4 Å². The number of sulfonamides is 1. The molecular formula is C24H26ClF3N2O3S. The number of halogens is 4. The van der Waals surface area contributed by atoms with Gasteiger partial charge in [-0.1, -0.05) is 40.9 Å². The molecule has 0 fully saturated rings. The van der Waals surface area contributed by atoms with Gasteiger partial charge in [0.1, 0.15) is 6.54 Å².